The molecule has 0 bridgehead atoms. The van der Waals surface area contributed by atoms with E-state index in [4.69, 9.17) is 22.4 Å². The molecular weight excluding hydrogens is 206 g/mol. The molecule has 0 radical (unpaired) electrons. The van der Waals surface area contributed by atoms with Crippen molar-refractivity contribution >= 4 is 27.4 Å². The molecule has 3 N–H and O–H groups in total. The number of hydrogen-bond acceptors (Lipinski definition) is 4. The third-order valence-corrected chi connectivity index (χ3v) is 3.73. The minimum atomic E-state index is -3.68. The van der Waals surface area contributed by atoms with Gasteiger partial charge in [0.2, 0.25) is 0 Å². The predicted octanol–water partition coefficient (Wildman–Crippen LogP) is -0.948. The molecule has 0 aromatic heterocycles. The summed E-state index contributed by atoms with van der Waals surface area (Å²) in [5.41, 5.74) is 4.99. The molecule has 1 unspecified atom stereocenters. The molecule has 5 nitrogen and oxygen atoms in total. The van der Waals surface area contributed by atoms with E-state index in [0.717, 1.165) is 0 Å². The highest BCUT2D eigenvalue weighted by Gasteiger charge is 2.30. The van der Waals surface area contributed by atoms with Crippen molar-refractivity contribution in [1.29, 1.82) is 0 Å². The molecule has 0 fully saturated rings. The summed E-state index contributed by atoms with van der Waals surface area (Å²) >= 11 is 5.18. The van der Waals surface area contributed by atoms with E-state index in [2.05, 4.69) is 0 Å². The van der Waals surface area contributed by atoms with Crippen LogP contribution in [0.25, 0.3) is 0 Å². The van der Waals surface area contributed by atoms with Gasteiger partial charge in [-0.3, -0.25) is 4.79 Å². The number of rotatable bonds is 5. The highest BCUT2D eigenvalue weighted by Crippen LogP contribution is 2.02. The number of hydrogen-bond donors (Lipinski definition) is 2. The van der Waals surface area contributed by atoms with E-state index in [1.807, 2.05) is 0 Å². The van der Waals surface area contributed by atoms with Crippen LogP contribution in [-0.4, -0.2) is 42.9 Å². The average Bonchev–Trinajstić information content (AvgIpc) is 1.86. The minimum absolute atomic E-state index is 0.119. The fourth-order valence-electron chi connectivity index (χ4n) is 0.651. The van der Waals surface area contributed by atoms with Crippen LogP contribution in [0.2, 0.25) is 0 Å². The number of carboxylic acids is 1. The smallest absolute Gasteiger partial charge is 0.323 e. The lowest BCUT2D eigenvalue weighted by Gasteiger charge is -2.08. The van der Waals surface area contributed by atoms with Gasteiger partial charge >= 0.3 is 5.97 Å². The molecule has 0 saturated carbocycles. The molecule has 0 rings (SSSR count). The van der Waals surface area contributed by atoms with E-state index in [-0.39, 0.29) is 11.6 Å². The summed E-state index contributed by atoms with van der Waals surface area (Å²) in [7, 11) is -3.68. The maximum atomic E-state index is 11.1. The maximum Gasteiger partial charge on any atom is 0.323 e. The molecule has 0 spiro atoms. The molecule has 0 amide bonds. The monoisotopic (exact) mass is 215 g/mol. The average molecular weight is 216 g/mol. The quantitative estimate of drug-likeness (QED) is 0.577. The first-order valence-corrected chi connectivity index (χ1v) is 5.41. The number of sulfone groups is 1. The number of alkyl halides is 1. The van der Waals surface area contributed by atoms with E-state index in [0.29, 0.717) is 0 Å². The van der Waals surface area contributed by atoms with Crippen molar-refractivity contribution in [3.63, 3.8) is 0 Å². The molecule has 0 aliphatic heterocycles. The van der Waals surface area contributed by atoms with Crippen LogP contribution in [0.3, 0.4) is 0 Å². The van der Waals surface area contributed by atoms with E-state index >= 15 is 0 Å². The molecule has 0 aromatic carbocycles. The summed E-state index contributed by atoms with van der Waals surface area (Å²) in [5, 5.41) is 6.90. The van der Waals surface area contributed by atoms with Gasteiger partial charge in [0.15, 0.2) is 15.1 Å². The van der Waals surface area contributed by atoms with E-state index in [1.165, 1.54) is 0 Å². The van der Waals surface area contributed by atoms with Crippen LogP contribution in [0.1, 0.15) is 0 Å². The molecule has 72 valence electrons. The van der Waals surface area contributed by atoms with Crippen LogP contribution in [0.15, 0.2) is 0 Å². The van der Waals surface area contributed by atoms with Crippen LogP contribution in [0, 0.1) is 0 Å². The number of nitrogens with two attached hydrogens (primary N) is 1. The van der Waals surface area contributed by atoms with Gasteiger partial charge in [0, 0.05) is 12.4 Å². The second-order valence-corrected chi connectivity index (χ2v) is 4.80. The van der Waals surface area contributed by atoms with E-state index in [1.54, 1.807) is 0 Å². The normalized spacial score (nSPS) is 14.2. The largest absolute Gasteiger partial charge is 0.480 e. The summed E-state index contributed by atoms with van der Waals surface area (Å²) in [6, 6.07) is 0. The van der Waals surface area contributed by atoms with Crippen LogP contribution >= 0.6 is 11.6 Å². The minimum Gasteiger partial charge on any atom is -0.480 e. The Morgan fingerprint density at radius 3 is 2.33 bits per heavy atom. The fourth-order valence-corrected chi connectivity index (χ4v) is 2.40. The molecule has 0 aliphatic carbocycles. The Hall–Kier alpha value is -0.330. The fraction of sp³-hybridized carbons (Fsp3) is 0.800. The standard InChI is InChI=1S/C5H10ClNO4S/c6-1-2-12(10,11)4(3-7)5(8)9/h4H,1-3,7H2,(H,8,9). The summed E-state index contributed by atoms with van der Waals surface area (Å²) in [4.78, 5) is 10.3. The van der Waals surface area contributed by atoms with Gasteiger partial charge in [-0.05, 0) is 0 Å². The Kier molecular flexibility index (Phi) is 4.51. The Morgan fingerprint density at radius 2 is 2.08 bits per heavy atom. The maximum absolute atomic E-state index is 11.1. The highest BCUT2D eigenvalue weighted by molar-refractivity contribution is 7.92. The van der Waals surface area contributed by atoms with Crippen molar-refractivity contribution in [2.45, 2.75) is 5.25 Å². The Bertz CT molecular complexity index is 250. The SMILES string of the molecule is NCC(C(=O)O)S(=O)(=O)CCCl. The second-order valence-electron chi connectivity index (χ2n) is 2.12. The van der Waals surface area contributed by atoms with Gasteiger partial charge in [-0.25, -0.2) is 8.42 Å². The first-order chi connectivity index (χ1) is 5.45. The zero-order valence-corrected chi connectivity index (χ0v) is 7.81. The third-order valence-electron chi connectivity index (χ3n) is 1.28. The van der Waals surface area contributed by atoms with Gasteiger partial charge in [-0.15, -0.1) is 11.6 Å². The Labute approximate surface area is 75.4 Å². The molecule has 0 aliphatic rings. The zero-order chi connectivity index (χ0) is 9.78. The van der Waals surface area contributed by atoms with E-state index < -0.39 is 27.6 Å². The summed E-state index contributed by atoms with van der Waals surface area (Å²) in [5.74, 6) is -1.91. The first kappa shape index (κ1) is 11.7. The van der Waals surface area contributed by atoms with Gasteiger partial charge < -0.3 is 10.8 Å². The number of aliphatic carboxylic acids is 1. The lowest BCUT2D eigenvalue weighted by atomic mass is 10.4. The summed E-state index contributed by atoms with van der Waals surface area (Å²) < 4.78 is 22.1. The number of carboxylic acid groups (broad SMARTS) is 1. The number of carbonyl (C=O) groups is 1. The van der Waals surface area contributed by atoms with Crippen LogP contribution in [0.4, 0.5) is 0 Å². The molecule has 7 heteroatoms. The van der Waals surface area contributed by atoms with E-state index in [9.17, 15) is 13.2 Å². The van der Waals surface area contributed by atoms with Crippen LogP contribution < -0.4 is 5.73 Å². The molecular formula is C5H10ClNO4S. The van der Waals surface area contributed by atoms with Gasteiger partial charge in [0.25, 0.3) is 0 Å². The van der Waals surface area contributed by atoms with Crippen LogP contribution in [0.5, 0.6) is 0 Å². The topological polar surface area (TPSA) is 97.5 Å². The van der Waals surface area contributed by atoms with Crippen molar-refractivity contribution in [2.24, 2.45) is 5.73 Å². The van der Waals surface area contributed by atoms with Crippen molar-refractivity contribution in [3.05, 3.63) is 0 Å². The Balaban J connectivity index is 4.61. The lowest BCUT2D eigenvalue weighted by Crippen LogP contribution is -2.38. The van der Waals surface area contributed by atoms with Crippen molar-refractivity contribution in [2.75, 3.05) is 18.2 Å². The van der Waals surface area contributed by atoms with Crippen LogP contribution in [-0.2, 0) is 14.6 Å². The third kappa shape index (κ3) is 2.96. The van der Waals surface area contributed by atoms with Gasteiger partial charge in [-0.1, -0.05) is 0 Å². The van der Waals surface area contributed by atoms with Gasteiger partial charge in [-0.2, -0.15) is 0 Å². The lowest BCUT2D eigenvalue weighted by molar-refractivity contribution is -0.136. The van der Waals surface area contributed by atoms with Crippen molar-refractivity contribution < 1.29 is 18.3 Å². The Morgan fingerprint density at radius 1 is 1.58 bits per heavy atom. The van der Waals surface area contributed by atoms with Gasteiger partial charge in [0.05, 0.1) is 5.75 Å². The number of halogens is 1. The molecule has 12 heavy (non-hydrogen) atoms. The molecule has 0 heterocycles. The summed E-state index contributed by atoms with van der Waals surface area (Å²) in [6.07, 6.45) is 0. The second kappa shape index (κ2) is 4.64. The van der Waals surface area contributed by atoms with Crippen molar-refractivity contribution in [1.82, 2.24) is 0 Å². The zero-order valence-electron chi connectivity index (χ0n) is 6.23. The predicted molar refractivity (Wildman–Crippen MR) is 45.0 cm³/mol. The summed E-state index contributed by atoms with van der Waals surface area (Å²) in [6.45, 7) is -0.422. The van der Waals surface area contributed by atoms with Gasteiger partial charge in [0.1, 0.15) is 0 Å². The highest BCUT2D eigenvalue weighted by atomic mass is 35.5. The first-order valence-electron chi connectivity index (χ1n) is 3.16. The molecule has 0 saturated heterocycles. The van der Waals surface area contributed by atoms with Crippen molar-refractivity contribution in [3.8, 4) is 0 Å². The molecule has 0 aromatic rings. The molecule has 1 atom stereocenters.